The van der Waals surface area contributed by atoms with Crippen molar-refractivity contribution in [2.45, 2.75) is 12.1 Å². The first kappa shape index (κ1) is 21.1. The highest BCUT2D eigenvalue weighted by atomic mass is 32.1. The molecule has 2 aromatic carbocycles. The number of aromatic nitrogens is 1. The number of carbonyl (C=O) groups is 4. The Hall–Kier alpha value is -3.60. The molecule has 1 aromatic heterocycles. The number of hydrogen-bond acceptors (Lipinski definition) is 6. The van der Waals surface area contributed by atoms with E-state index in [1.54, 1.807) is 24.3 Å². The number of alkyl halides is 3. The molecule has 2 amide bonds. The predicted molar refractivity (Wildman–Crippen MR) is 102 cm³/mol. The van der Waals surface area contributed by atoms with Crippen LogP contribution in [0, 0.1) is 0 Å². The normalized spacial score (nSPS) is 12.4. The number of nitrogens with zero attached hydrogens (tertiary/aromatic N) is 1. The maximum Gasteiger partial charge on any atom is 0.416 e. The van der Waals surface area contributed by atoms with E-state index in [0.29, 0.717) is 16.3 Å². The fourth-order valence-corrected chi connectivity index (χ4v) is 3.66. The van der Waals surface area contributed by atoms with Crippen LogP contribution in [0.5, 0.6) is 0 Å². The number of ketones is 2. The Labute approximate surface area is 170 Å². The number of amides is 2. The second-order valence-corrected chi connectivity index (χ2v) is 7.14. The molecule has 3 N–H and O–H groups in total. The number of Topliss-reactive ketones (excluding diaryl/α,β-unsaturated/α-hetero) is 2. The number of hydrogen-bond donors (Lipinski definition) is 2. The summed E-state index contributed by atoms with van der Waals surface area (Å²) in [6.07, 6.45) is -4.66. The van der Waals surface area contributed by atoms with Gasteiger partial charge in [-0.05, 0) is 30.3 Å². The van der Waals surface area contributed by atoms with Gasteiger partial charge in [-0.15, -0.1) is 11.3 Å². The van der Waals surface area contributed by atoms with Gasteiger partial charge in [-0.2, -0.15) is 13.2 Å². The molecule has 0 radical (unpaired) electrons. The van der Waals surface area contributed by atoms with Gasteiger partial charge in [0.15, 0.2) is 0 Å². The summed E-state index contributed by atoms with van der Waals surface area (Å²) in [6.45, 7) is 0. The summed E-state index contributed by atoms with van der Waals surface area (Å²) in [5.74, 6) is -7.44. The molecule has 0 saturated heterocycles. The third-order valence-corrected chi connectivity index (χ3v) is 5.10. The maximum atomic E-state index is 12.8. The fraction of sp³-hybridized carbons (Fsp3) is 0.105. The van der Waals surface area contributed by atoms with E-state index in [4.69, 9.17) is 5.73 Å². The first-order chi connectivity index (χ1) is 14.1. The summed E-state index contributed by atoms with van der Waals surface area (Å²) < 4.78 is 39.1. The number of primary amides is 1. The molecule has 3 rings (SSSR count). The van der Waals surface area contributed by atoms with Crippen molar-refractivity contribution in [1.29, 1.82) is 0 Å². The van der Waals surface area contributed by atoms with Crippen molar-refractivity contribution in [3.63, 3.8) is 0 Å². The Morgan fingerprint density at radius 1 is 1.00 bits per heavy atom. The minimum absolute atomic E-state index is 0.121. The van der Waals surface area contributed by atoms with Crippen molar-refractivity contribution in [3.8, 4) is 0 Å². The lowest BCUT2D eigenvalue weighted by molar-refractivity contribution is -0.143. The molecule has 3 aromatic rings. The summed E-state index contributed by atoms with van der Waals surface area (Å²) in [6, 6.07) is 10.2. The van der Waals surface area contributed by atoms with Crippen LogP contribution in [0.4, 0.5) is 18.9 Å². The molecule has 1 atom stereocenters. The van der Waals surface area contributed by atoms with E-state index in [9.17, 15) is 32.3 Å². The van der Waals surface area contributed by atoms with E-state index in [1.807, 2.05) is 5.32 Å². The number of benzene rings is 2. The first-order valence-corrected chi connectivity index (χ1v) is 9.11. The Kier molecular flexibility index (Phi) is 5.65. The molecule has 0 fully saturated rings. The molecule has 0 spiro atoms. The zero-order valence-electron chi connectivity index (χ0n) is 14.9. The number of para-hydroxylation sites is 1. The summed E-state index contributed by atoms with van der Waals surface area (Å²) in [5.41, 5.74) is 4.10. The number of thiazole rings is 1. The number of rotatable bonds is 6. The van der Waals surface area contributed by atoms with Gasteiger partial charge in [-0.3, -0.25) is 19.2 Å². The Bertz CT molecular complexity index is 1140. The van der Waals surface area contributed by atoms with E-state index in [2.05, 4.69) is 4.98 Å². The second kappa shape index (κ2) is 8.03. The summed E-state index contributed by atoms with van der Waals surface area (Å²) in [4.78, 5) is 52.8. The van der Waals surface area contributed by atoms with Gasteiger partial charge in [0, 0.05) is 5.69 Å². The molecule has 30 heavy (non-hydrogen) atoms. The van der Waals surface area contributed by atoms with Crippen LogP contribution in [0.2, 0.25) is 0 Å². The maximum absolute atomic E-state index is 12.8. The van der Waals surface area contributed by atoms with E-state index >= 15 is 0 Å². The van der Waals surface area contributed by atoms with Crippen LogP contribution in [0.3, 0.4) is 0 Å². The summed E-state index contributed by atoms with van der Waals surface area (Å²) >= 11 is 0.920. The van der Waals surface area contributed by atoms with Crippen LogP contribution < -0.4 is 11.1 Å². The van der Waals surface area contributed by atoms with Gasteiger partial charge in [0.25, 0.3) is 11.8 Å². The van der Waals surface area contributed by atoms with Crippen LogP contribution in [-0.4, -0.2) is 28.4 Å². The average molecular weight is 435 g/mol. The molecule has 11 heteroatoms. The zero-order chi connectivity index (χ0) is 22.1. The molecule has 154 valence electrons. The third-order valence-electron chi connectivity index (χ3n) is 4.00. The lowest BCUT2D eigenvalue weighted by Gasteiger charge is -2.12. The fourth-order valence-electron chi connectivity index (χ4n) is 2.60. The smallest absolute Gasteiger partial charge is 0.363 e. The van der Waals surface area contributed by atoms with Crippen LogP contribution in [0.1, 0.15) is 16.5 Å². The standard InChI is InChI=1S/C19H12F3N3O4S/c20-19(21,22)9-4-3-5-10(8-9)24-17(29)15(27)13(14(26)16(23)28)18-25-11-6-1-2-7-12(11)30-18/h1-8,13H,(H2,23,28)(H,24,29)/t13-/m0/s1. The highest BCUT2D eigenvalue weighted by Crippen LogP contribution is 2.31. The molecule has 0 saturated carbocycles. The number of fused-ring (bicyclic) bond motifs is 1. The monoisotopic (exact) mass is 435 g/mol. The van der Waals surface area contributed by atoms with Crippen molar-refractivity contribution in [2.75, 3.05) is 5.32 Å². The molecular weight excluding hydrogens is 423 g/mol. The lowest BCUT2D eigenvalue weighted by atomic mass is 9.98. The Balaban J connectivity index is 1.92. The van der Waals surface area contributed by atoms with Gasteiger partial charge >= 0.3 is 6.18 Å². The number of anilines is 1. The van der Waals surface area contributed by atoms with E-state index in [-0.39, 0.29) is 10.7 Å². The molecule has 0 bridgehead atoms. The van der Waals surface area contributed by atoms with Gasteiger partial charge in [-0.25, -0.2) is 4.98 Å². The largest absolute Gasteiger partial charge is 0.416 e. The highest BCUT2D eigenvalue weighted by Gasteiger charge is 2.38. The minimum Gasteiger partial charge on any atom is -0.363 e. The van der Waals surface area contributed by atoms with Crippen LogP contribution in [0.15, 0.2) is 48.5 Å². The highest BCUT2D eigenvalue weighted by molar-refractivity contribution is 7.19. The topological polar surface area (TPSA) is 119 Å². The van der Waals surface area contributed by atoms with Gasteiger partial charge in [0.2, 0.25) is 11.6 Å². The molecule has 0 unspecified atom stereocenters. The quantitative estimate of drug-likeness (QED) is 0.456. The number of nitrogens with one attached hydrogen (secondary N) is 1. The number of carbonyl (C=O) groups excluding carboxylic acids is 4. The van der Waals surface area contributed by atoms with E-state index in [0.717, 1.165) is 29.5 Å². The van der Waals surface area contributed by atoms with Gasteiger partial charge in [0.05, 0.1) is 15.8 Å². The van der Waals surface area contributed by atoms with Crippen LogP contribution in [0.25, 0.3) is 10.2 Å². The summed E-state index contributed by atoms with van der Waals surface area (Å²) in [5, 5.41) is 1.89. The average Bonchev–Trinajstić information content (AvgIpc) is 3.11. The van der Waals surface area contributed by atoms with Crippen LogP contribution >= 0.6 is 11.3 Å². The Morgan fingerprint density at radius 3 is 2.33 bits per heavy atom. The van der Waals surface area contributed by atoms with Crippen LogP contribution in [-0.2, 0) is 25.4 Å². The number of halogens is 3. The summed E-state index contributed by atoms with van der Waals surface area (Å²) in [7, 11) is 0. The SMILES string of the molecule is NC(=O)C(=O)[C@@H](C(=O)C(=O)Nc1cccc(C(F)(F)F)c1)c1nc2ccccc2s1. The molecular formula is C19H12F3N3O4S. The zero-order valence-corrected chi connectivity index (χ0v) is 15.7. The van der Waals surface area contributed by atoms with E-state index < -0.39 is 41.0 Å². The van der Waals surface area contributed by atoms with Crippen molar-refractivity contribution >= 4 is 50.6 Å². The second-order valence-electron chi connectivity index (χ2n) is 6.08. The van der Waals surface area contributed by atoms with Gasteiger partial charge in [0.1, 0.15) is 10.9 Å². The number of nitrogens with two attached hydrogens (primary N) is 1. The Morgan fingerprint density at radius 2 is 1.70 bits per heavy atom. The molecule has 0 aliphatic rings. The first-order valence-electron chi connectivity index (χ1n) is 8.29. The minimum atomic E-state index is -4.66. The van der Waals surface area contributed by atoms with Gasteiger partial charge in [-0.1, -0.05) is 18.2 Å². The molecule has 0 aliphatic heterocycles. The van der Waals surface area contributed by atoms with E-state index in [1.165, 1.54) is 0 Å². The lowest BCUT2D eigenvalue weighted by Crippen LogP contribution is -2.38. The van der Waals surface area contributed by atoms with Crippen molar-refractivity contribution in [3.05, 3.63) is 59.1 Å². The molecule has 7 nitrogen and oxygen atoms in total. The predicted octanol–water partition coefficient (Wildman–Crippen LogP) is 2.66. The molecule has 1 heterocycles. The molecule has 0 aliphatic carbocycles. The van der Waals surface area contributed by atoms with Crippen molar-refractivity contribution < 1.29 is 32.3 Å². The van der Waals surface area contributed by atoms with Gasteiger partial charge < -0.3 is 11.1 Å². The van der Waals surface area contributed by atoms with Crippen molar-refractivity contribution in [1.82, 2.24) is 4.98 Å². The third kappa shape index (κ3) is 4.35. The van der Waals surface area contributed by atoms with Crippen molar-refractivity contribution in [2.24, 2.45) is 5.73 Å².